The van der Waals surface area contributed by atoms with Crippen molar-refractivity contribution in [2.45, 2.75) is 13.8 Å². The fourth-order valence-corrected chi connectivity index (χ4v) is 1.84. The van der Waals surface area contributed by atoms with Crippen molar-refractivity contribution in [3.8, 4) is 17.1 Å². The van der Waals surface area contributed by atoms with Gasteiger partial charge in [0.15, 0.2) is 6.61 Å². The van der Waals surface area contributed by atoms with Crippen molar-refractivity contribution in [3.05, 3.63) is 35.9 Å². The summed E-state index contributed by atoms with van der Waals surface area (Å²) in [5.74, 6) is 0.0196. The SMILES string of the molecule is CCOC(=O)COc1cc(-c2ccc(C)cc2)n(C)n1. The highest BCUT2D eigenvalue weighted by Crippen LogP contribution is 2.23. The van der Waals surface area contributed by atoms with Gasteiger partial charge in [-0.3, -0.25) is 4.68 Å². The molecule has 1 aromatic carbocycles. The number of carbonyl (C=O) groups excluding carboxylic acids is 1. The molecule has 0 aliphatic carbocycles. The second-order valence-electron chi connectivity index (χ2n) is 4.45. The number of benzene rings is 1. The van der Waals surface area contributed by atoms with Crippen LogP contribution in [0.3, 0.4) is 0 Å². The molecule has 1 heterocycles. The molecule has 0 atom stereocenters. The molecule has 106 valence electrons. The maximum atomic E-state index is 11.2. The molecular formula is C15H18N2O3. The molecule has 0 fully saturated rings. The lowest BCUT2D eigenvalue weighted by Crippen LogP contribution is -2.14. The van der Waals surface area contributed by atoms with Gasteiger partial charge in [-0.1, -0.05) is 29.8 Å². The van der Waals surface area contributed by atoms with Crippen molar-refractivity contribution in [3.63, 3.8) is 0 Å². The topological polar surface area (TPSA) is 53.4 Å². The van der Waals surface area contributed by atoms with E-state index in [1.165, 1.54) is 5.56 Å². The average molecular weight is 274 g/mol. The Morgan fingerprint density at radius 1 is 1.30 bits per heavy atom. The van der Waals surface area contributed by atoms with Gasteiger partial charge in [0, 0.05) is 13.1 Å². The highest BCUT2D eigenvalue weighted by Gasteiger charge is 2.10. The Morgan fingerprint density at radius 2 is 2.00 bits per heavy atom. The Kier molecular flexibility index (Phi) is 4.40. The van der Waals surface area contributed by atoms with Gasteiger partial charge in [-0.05, 0) is 19.4 Å². The summed E-state index contributed by atoms with van der Waals surface area (Å²) in [6, 6.07) is 9.95. The van der Waals surface area contributed by atoms with Crippen LogP contribution in [-0.2, 0) is 16.6 Å². The number of hydrogen-bond acceptors (Lipinski definition) is 4. The molecule has 1 aromatic heterocycles. The van der Waals surface area contributed by atoms with E-state index in [1.54, 1.807) is 11.6 Å². The molecule has 5 nitrogen and oxygen atoms in total. The van der Waals surface area contributed by atoms with Crippen molar-refractivity contribution in [1.29, 1.82) is 0 Å². The minimum atomic E-state index is -0.393. The molecular weight excluding hydrogens is 256 g/mol. The summed E-state index contributed by atoms with van der Waals surface area (Å²) in [6.07, 6.45) is 0. The number of hydrogen-bond donors (Lipinski definition) is 0. The zero-order valence-corrected chi connectivity index (χ0v) is 11.9. The third kappa shape index (κ3) is 3.38. The maximum Gasteiger partial charge on any atom is 0.344 e. The molecule has 0 bridgehead atoms. The van der Waals surface area contributed by atoms with Crippen molar-refractivity contribution in [2.75, 3.05) is 13.2 Å². The molecule has 0 aliphatic heterocycles. The normalized spacial score (nSPS) is 10.3. The Hall–Kier alpha value is -2.30. The number of aryl methyl sites for hydroxylation is 2. The maximum absolute atomic E-state index is 11.2. The molecule has 0 N–H and O–H groups in total. The molecule has 0 amide bonds. The lowest BCUT2D eigenvalue weighted by Gasteiger charge is -2.01. The van der Waals surface area contributed by atoms with Crippen LogP contribution < -0.4 is 4.74 Å². The van der Waals surface area contributed by atoms with Crippen molar-refractivity contribution in [2.24, 2.45) is 7.05 Å². The molecule has 2 aromatic rings. The van der Waals surface area contributed by atoms with Crippen LogP contribution in [0.1, 0.15) is 12.5 Å². The van der Waals surface area contributed by atoms with Crippen LogP contribution in [0.15, 0.2) is 30.3 Å². The van der Waals surface area contributed by atoms with E-state index in [2.05, 4.69) is 5.10 Å². The fraction of sp³-hybridized carbons (Fsp3) is 0.333. The van der Waals surface area contributed by atoms with Gasteiger partial charge in [0.05, 0.1) is 12.3 Å². The third-order valence-corrected chi connectivity index (χ3v) is 2.85. The first kappa shape index (κ1) is 14.1. The minimum Gasteiger partial charge on any atom is -0.465 e. The Labute approximate surface area is 118 Å². The number of carbonyl (C=O) groups is 1. The second kappa shape index (κ2) is 6.23. The van der Waals surface area contributed by atoms with Crippen LogP contribution in [0.4, 0.5) is 0 Å². The zero-order valence-electron chi connectivity index (χ0n) is 11.9. The lowest BCUT2D eigenvalue weighted by atomic mass is 10.1. The van der Waals surface area contributed by atoms with Gasteiger partial charge in [0.25, 0.3) is 0 Å². The van der Waals surface area contributed by atoms with Crippen LogP contribution in [0, 0.1) is 6.92 Å². The predicted octanol–water partition coefficient (Wildman–Crippen LogP) is 2.34. The molecule has 0 saturated carbocycles. The Morgan fingerprint density at radius 3 is 2.65 bits per heavy atom. The smallest absolute Gasteiger partial charge is 0.344 e. The van der Waals surface area contributed by atoms with E-state index in [9.17, 15) is 4.79 Å². The summed E-state index contributed by atoms with van der Waals surface area (Å²) in [5.41, 5.74) is 3.19. The van der Waals surface area contributed by atoms with Gasteiger partial charge in [0.2, 0.25) is 5.88 Å². The van der Waals surface area contributed by atoms with E-state index in [-0.39, 0.29) is 6.61 Å². The first-order chi connectivity index (χ1) is 9.60. The van der Waals surface area contributed by atoms with E-state index < -0.39 is 5.97 Å². The van der Waals surface area contributed by atoms with Crippen molar-refractivity contribution < 1.29 is 14.3 Å². The molecule has 0 aliphatic rings. The Balaban J connectivity index is 2.09. The highest BCUT2D eigenvalue weighted by molar-refractivity contribution is 5.71. The van der Waals surface area contributed by atoms with Crippen molar-refractivity contribution in [1.82, 2.24) is 9.78 Å². The standard InChI is InChI=1S/C15H18N2O3/c1-4-19-15(18)10-20-14-9-13(17(3)16-14)12-7-5-11(2)6-8-12/h5-9H,4,10H2,1-3H3. The first-order valence-corrected chi connectivity index (χ1v) is 6.49. The molecule has 0 saturated heterocycles. The first-order valence-electron chi connectivity index (χ1n) is 6.49. The minimum absolute atomic E-state index is 0.127. The van der Waals surface area contributed by atoms with Gasteiger partial charge in [-0.25, -0.2) is 4.79 Å². The molecule has 0 spiro atoms. The van der Waals surface area contributed by atoms with Crippen LogP contribution in [0.25, 0.3) is 11.3 Å². The van der Waals surface area contributed by atoms with Crippen LogP contribution >= 0.6 is 0 Å². The number of rotatable bonds is 5. The fourth-order valence-electron chi connectivity index (χ4n) is 1.84. The van der Waals surface area contributed by atoms with E-state index in [0.717, 1.165) is 11.3 Å². The largest absolute Gasteiger partial charge is 0.465 e. The zero-order chi connectivity index (χ0) is 14.5. The Bertz CT molecular complexity index is 588. The summed E-state index contributed by atoms with van der Waals surface area (Å²) < 4.78 is 11.8. The lowest BCUT2D eigenvalue weighted by molar-refractivity contribution is -0.145. The molecule has 0 unspecified atom stereocenters. The summed E-state index contributed by atoms with van der Waals surface area (Å²) in [6.45, 7) is 4.02. The predicted molar refractivity (Wildman–Crippen MR) is 75.5 cm³/mol. The summed E-state index contributed by atoms with van der Waals surface area (Å²) >= 11 is 0. The van der Waals surface area contributed by atoms with Gasteiger partial charge in [0.1, 0.15) is 0 Å². The van der Waals surface area contributed by atoms with Crippen LogP contribution in [0.5, 0.6) is 5.88 Å². The third-order valence-electron chi connectivity index (χ3n) is 2.85. The summed E-state index contributed by atoms with van der Waals surface area (Å²) in [5, 5.41) is 4.23. The van der Waals surface area contributed by atoms with Crippen LogP contribution in [-0.4, -0.2) is 29.0 Å². The average Bonchev–Trinajstić information content (AvgIpc) is 2.79. The molecule has 5 heteroatoms. The van der Waals surface area contributed by atoms with Crippen LogP contribution in [0.2, 0.25) is 0 Å². The van der Waals surface area contributed by atoms with Gasteiger partial charge < -0.3 is 9.47 Å². The van der Waals surface area contributed by atoms with E-state index in [4.69, 9.17) is 9.47 Å². The van der Waals surface area contributed by atoms with E-state index in [1.807, 2.05) is 44.3 Å². The summed E-state index contributed by atoms with van der Waals surface area (Å²) in [4.78, 5) is 11.2. The van der Waals surface area contributed by atoms with Crippen molar-refractivity contribution >= 4 is 5.97 Å². The monoisotopic (exact) mass is 274 g/mol. The number of esters is 1. The number of aromatic nitrogens is 2. The molecule has 0 radical (unpaired) electrons. The number of nitrogens with zero attached hydrogens (tertiary/aromatic N) is 2. The van der Waals surface area contributed by atoms with Gasteiger partial charge in [-0.15, -0.1) is 5.10 Å². The second-order valence-corrected chi connectivity index (χ2v) is 4.45. The molecule has 2 rings (SSSR count). The summed E-state index contributed by atoms with van der Waals surface area (Å²) in [7, 11) is 1.84. The van der Waals surface area contributed by atoms with E-state index >= 15 is 0 Å². The number of ether oxygens (including phenoxy) is 2. The van der Waals surface area contributed by atoms with Gasteiger partial charge in [-0.2, -0.15) is 0 Å². The molecule has 20 heavy (non-hydrogen) atoms. The van der Waals surface area contributed by atoms with E-state index in [0.29, 0.717) is 12.5 Å². The quantitative estimate of drug-likeness (QED) is 0.785. The van der Waals surface area contributed by atoms with Gasteiger partial charge >= 0.3 is 5.97 Å². The highest BCUT2D eigenvalue weighted by atomic mass is 16.6.